The molecular formula is C18H19N3O4S. The molecule has 0 radical (unpaired) electrons. The van der Waals surface area contributed by atoms with Crippen LogP contribution in [-0.4, -0.2) is 23.5 Å². The Bertz CT molecular complexity index is 829. The first kappa shape index (κ1) is 19.2. The minimum Gasteiger partial charge on any atom is -0.484 e. The number of amides is 2. The lowest BCUT2D eigenvalue weighted by Crippen LogP contribution is -2.49. The number of thiocarbonyl (C=S) groups is 1. The predicted octanol–water partition coefficient (Wildman–Crippen LogP) is 2.01. The highest BCUT2D eigenvalue weighted by Gasteiger charge is 2.05. The van der Waals surface area contributed by atoms with Crippen LogP contribution in [0, 0.1) is 13.8 Å². The molecule has 26 heavy (non-hydrogen) atoms. The zero-order valence-corrected chi connectivity index (χ0v) is 15.2. The highest BCUT2D eigenvalue weighted by molar-refractivity contribution is 7.80. The standard InChI is InChI=1S/C18H19N3O4S/c1-12-4-3-5-15(10-12)24-11-17(23)20-21-18(26)19-16(22)9-8-14-7-6-13(2)25-14/h3-10H,11H2,1-2H3,(H,20,23)(H2,19,21,22,26). The van der Waals surface area contributed by atoms with Crippen molar-refractivity contribution in [1.29, 1.82) is 0 Å². The maximum atomic E-state index is 11.7. The predicted molar refractivity (Wildman–Crippen MR) is 101 cm³/mol. The quantitative estimate of drug-likeness (QED) is 0.422. The van der Waals surface area contributed by atoms with E-state index in [1.165, 1.54) is 12.2 Å². The molecule has 1 aromatic carbocycles. The van der Waals surface area contributed by atoms with Gasteiger partial charge in [-0.25, -0.2) is 0 Å². The van der Waals surface area contributed by atoms with Gasteiger partial charge in [-0.15, -0.1) is 0 Å². The van der Waals surface area contributed by atoms with Gasteiger partial charge in [-0.2, -0.15) is 0 Å². The van der Waals surface area contributed by atoms with Gasteiger partial charge in [-0.3, -0.25) is 25.8 Å². The van der Waals surface area contributed by atoms with E-state index in [2.05, 4.69) is 16.2 Å². The number of carbonyl (C=O) groups excluding carboxylic acids is 2. The number of rotatable bonds is 5. The second-order valence-electron chi connectivity index (χ2n) is 5.38. The van der Waals surface area contributed by atoms with E-state index in [0.29, 0.717) is 11.5 Å². The number of hydrogen-bond acceptors (Lipinski definition) is 5. The van der Waals surface area contributed by atoms with E-state index < -0.39 is 11.8 Å². The molecule has 7 nitrogen and oxygen atoms in total. The molecule has 136 valence electrons. The van der Waals surface area contributed by atoms with Crippen LogP contribution in [0.3, 0.4) is 0 Å². The van der Waals surface area contributed by atoms with E-state index in [1.807, 2.05) is 32.0 Å². The van der Waals surface area contributed by atoms with Crippen molar-refractivity contribution in [2.75, 3.05) is 6.61 Å². The zero-order valence-electron chi connectivity index (χ0n) is 14.4. The van der Waals surface area contributed by atoms with Crippen LogP contribution in [-0.2, 0) is 9.59 Å². The maximum Gasteiger partial charge on any atom is 0.276 e. The first-order valence-corrected chi connectivity index (χ1v) is 8.17. The van der Waals surface area contributed by atoms with E-state index in [0.717, 1.165) is 11.3 Å². The Morgan fingerprint density at radius 2 is 2.00 bits per heavy atom. The van der Waals surface area contributed by atoms with Crippen molar-refractivity contribution in [1.82, 2.24) is 16.2 Å². The Hall–Kier alpha value is -3.13. The van der Waals surface area contributed by atoms with Gasteiger partial charge in [-0.1, -0.05) is 12.1 Å². The van der Waals surface area contributed by atoms with Crippen LogP contribution in [0.2, 0.25) is 0 Å². The lowest BCUT2D eigenvalue weighted by molar-refractivity contribution is -0.123. The molecule has 0 atom stereocenters. The van der Waals surface area contributed by atoms with Crippen LogP contribution in [0.15, 0.2) is 46.9 Å². The van der Waals surface area contributed by atoms with Gasteiger partial charge in [0.25, 0.3) is 5.91 Å². The minimum atomic E-state index is -0.457. The van der Waals surface area contributed by atoms with E-state index in [9.17, 15) is 9.59 Å². The number of hydrogen-bond donors (Lipinski definition) is 3. The fraction of sp³-hybridized carbons (Fsp3) is 0.167. The van der Waals surface area contributed by atoms with Gasteiger partial charge in [0.1, 0.15) is 17.3 Å². The molecule has 0 saturated heterocycles. The summed E-state index contributed by atoms with van der Waals surface area (Å²) >= 11 is 4.92. The number of ether oxygens (including phenoxy) is 1. The van der Waals surface area contributed by atoms with Crippen LogP contribution < -0.4 is 20.9 Å². The number of aryl methyl sites for hydroxylation is 2. The molecular weight excluding hydrogens is 354 g/mol. The fourth-order valence-corrected chi connectivity index (χ4v) is 2.05. The Labute approximate surface area is 156 Å². The van der Waals surface area contributed by atoms with Crippen LogP contribution in [0.25, 0.3) is 6.08 Å². The summed E-state index contributed by atoms with van der Waals surface area (Å²) < 4.78 is 10.6. The van der Waals surface area contributed by atoms with Crippen molar-refractivity contribution >= 4 is 35.2 Å². The SMILES string of the molecule is Cc1cccc(OCC(=O)NNC(=S)NC(=O)C=Cc2ccc(C)o2)c1. The largest absolute Gasteiger partial charge is 0.484 e. The first-order valence-electron chi connectivity index (χ1n) is 7.76. The van der Waals surface area contributed by atoms with Crippen molar-refractivity contribution in [3.8, 4) is 5.75 Å². The molecule has 0 aliphatic rings. The summed E-state index contributed by atoms with van der Waals surface area (Å²) in [4.78, 5) is 23.4. The maximum absolute atomic E-state index is 11.7. The Morgan fingerprint density at radius 3 is 2.69 bits per heavy atom. The lowest BCUT2D eigenvalue weighted by Gasteiger charge is -2.10. The zero-order chi connectivity index (χ0) is 18.9. The molecule has 0 spiro atoms. The fourth-order valence-electron chi connectivity index (χ4n) is 1.90. The third kappa shape index (κ3) is 6.78. The smallest absolute Gasteiger partial charge is 0.276 e. The molecule has 0 fully saturated rings. The molecule has 0 bridgehead atoms. The molecule has 3 N–H and O–H groups in total. The molecule has 2 rings (SSSR count). The Balaban J connectivity index is 1.68. The summed E-state index contributed by atoms with van der Waals surface area (Å²) in [6, 6.07) is 10.9. The minimum absolute atomic E-state index is 0.0424. The molecule has 1 aromatic heterocycles. The summed E-state index contributed by atoms with van der Waals surface area (Å²) in [5, 5.41) is 2.35. The number of furan rings is 1. The summed E-state index contributed by atoms with van der Waals surface area (Å²) in [6.45, 7) is 3.55. The van der Waals surface area contributed by atoms with Gasteiger partial charge < -0.3 is 9.15 Å². The number of hydrazine groups is 1. The van der Waals surface area contributed by atoms with Gasteiger partial charge in [0.05, 0.1) is 0 Å². The normalized spacial score (nSPS) is 10.4. The molecule has 0 saturated carbocycles. The Morgan fingerprint density at radius 1 is 1.19 bits per heavy atom. The monoisotopic (exact) mass is 373 g/mol. The average Bonchev–Trinajstić information content (AvgIpc) is 3.02. The molecule has 2 aromatic rings. The van der Waals surface area contributed by atoms with Gasteiger partial charge in [0, 0.05) is 6.08 Å². The van der Waals surface area contributed by atoms with E-state index in [4.69, 9.17) is 21.4 Å². The molecule has 0 unspecified atom stereocenters. The van der Waals surface area contributed by atoms with Crippen molar-refractivity contribution < 1.29 is 18.7 Å². The summed E-state index contributed by atoms with van der Waals surface area (Å²) in [7, 11) is 0. The number of benzene rings is 1. The number of nitrogens with one attached hydrogen (secondary N) is 3. The average molecular weight is 373 g/mol. The summed E-state index contributed by atoms with van der Waals surface area (Å²) in [6.07, 6.45) is 2.79. The van der Waals surface area contributed by atoms with E-state index in [-0.39, 0.29) is 11.7 Å². The molecule has 0 aliphatic carbocycles. The number of carbonyl (C=O) groups is 2. The van der Waals surface area contributed by atoms with Crippen LogP contribution in [0.5, 0.6) is 5.75 Å². The van der Waals surface area contributed by atoms with Crippen molar-refractivity contribution in [3.63, 3.8) is 0 Å². The van der Waals surface area contributed by atoms with Crippen LogP contribution in [0.1, 0.15) is 17.1 Å². The second kappa shape index (κ2) is 9.38. The van der Waals surface area contributed by atoms with E-state index >= 15 is 0 Å². The molecule has 8 heteroatoms. The third-order valence-electron chi connectivity index (χ3n) is 3.07. The summed E-state index contributed by atoms with van der Waals surface area (Å²) in [5.41, 5.74) is 5.79. The van der Waals surface area contributed by atoms with Crippen molar-refractivity contribution in [3.05, 3.63) is 59.6 Å². The van der Waals surface area contributed by atoms with Crippen molar-refractivity contribution in [2.24, 2.45) is 0 Å². The third-order valence-corrected chi connectivity index (χ3v) is 3.28. The van der Waals surface area contributed by atoms with Crippen LogP contribution in [0.4, 0.5) is 0 Å². The van der Waals surface area contributed by atoms with Crippen LogP contribution >= 0.6 is 12.2 Å². The van der Waals surface area contributed by atoms with Gasteiger partial charge in [-0.05, 0) is 62.0 Å². The highest BCUT2D eigenvalue weighted by atomic mass is 32.1. The molecule has 0 aliphatic heterocycles. The van der Waals surface area contributed by atoms with E-state index in [1.54, 1.807) is 18.2 Å². The van der Waals surface area contributed by atoms with Gasteiger partial charge >= 0.3 is 0 Å². The molecule has 2 amide bonds. The van der Waals surface area contributed by atoms with Gasteiger partial charge in [0.2, 0.25) is 5.91 Å². The lowest BCUT2D eigenvalue weighted by atomic mass is 10.2. The highest BCUT2D eigenvalue weighted by Crippen LogP contribution is 2.11. The molecule has 1 heterocycles. The topological polar surface area (TPSA) is 92.6 Å². The Kier molecular flexibility index (Phi) is 6.92. The first-order chi connectivity index (χ1) is 12.4. The second-order valence-corrected chi connectivity index (χ2v) is 5.79. The summed E-state index contributed by atoms with van der Waals surface area (Å²) in [5.74, 6) is 0.997. The van der Waals surface area contributed by atoms with Crippen molar-refractivity contribution in [2.45, 2.75) is 13.8 Å². The van der Waals surface area contributed by atoms with Gasteiger partial charge in [0.15, 0.2) is 11.7 Å².